The molecule has 0 aromatic heterocycles. The van der Waals surface area contributed by atoms with E-state index < -0.39 is 0 Å². The van der Waals surface area contributed by atoms with E-state index in [1.165, 1.54) is 0 Å². The van der Waals surface area contributed by atoms with E-state index in [-0.39, 0.29) is 18.6 Å². The first-order valence-electron chi connectivity index (χ1n) is 5.75. The third-order valence-electron chi connectivity index (χ3n) is 2.49. The second-order valence-corrected chi connectivity index (χ2v) is 4.18. The predicted molar refractivity (Wildman–Crippen MR) is 65.7 cm³/mol. The Kier molecular flexibility index (Phi) is 5.29. The molecule has 1 atom stereocenters. The highest BCUT2D eigenvalue weighted by Gasteiger charge is 2.09. The summed E-state index contributed by atoms with van der Waals surface area (Å²) in [6.07, 6.45) is 0.898. The molecule has 1 aromatic rings. The van der Waals surface area contributed by atoms with Gasteiger partial charge in [0.25, 0.3) is 0 Å². The number of aliphatic hydroxyl groups excluding tert-OH is 1. The average Bonchev–Trinajstić information content (AvgIpc) is 2.26. The maximum atomic E-state index is 8.92. The molecule has 3 N–H and O–H groups in total. The largest absolute Gasteiger partial charge is 0.491 e. The first kappa shape index (κ1) is 13.0. The Morgan fingerprint density at radius 3 is 2.31 bits per heavy atom. The van der Waals surface area contributed by atoms with Crippen LogP contribution in [-0.2, 0) is 0 Å². The molecule has 3 nitrogen and oxygen atoms in total. The van der Waals surface area contributed by atoms with Gasteiger partial charge in [-0.2, -0.15) is 0 Å². The van der Waals surface area contributed by atoms with E-state index in [4.69, 9.17) is 15.6 Å². The fourth-order valence-electron chi connectivity index (χ4n) is 1.67. The van der Waals surface area contributed by atoms with E-state index in [2.05, 4.69) is 0 Å². The van der Waals surface area contributed by atoms with Crippen molar-refractivity contribution in [3.63, 3.8) is 0 Å². The Bertz CT molecular complexity index is 295. The van der Waals surface area contributed by atoms with Crippen molar-refractivity contribution in [1.29, 1.82) is 0 Å². The molecule has 0 fully saturated rings. The van der Waals surface area contributed by atoms with Gasteiger partial charge in [0.15, 0.2) is 0 Å². The van der Waals surface area contributed by atoms with Crippen LogP contribution in [0, 0.1) is 0 Å². The number of rotatable bonds is 6. The van der Waals surface area contributed by atoms with E-state index in [9.17, 15) is 0 Å². The van der Waals surface area contributed by atoms with Gasteiger partial charge in [0.05, 0.1) is 6.10 Å². The van der Waals surface area contributed by atoms with E-state index in [0.29, 0.717) is 13.0 Å². The van der Waals surface area contributed by atoms with Crippen LogP contribution in [0.25, 0.3) is 0 Å². The van der Waals surface area contributed by atoms with Crippen molar-refractivity contribution in [2.45, 2.75) is 32.3 Å². The normalized spacial score (nSPS) is 12.8. The minimum atomic E-state index is 0.173. The van der Waals surface area contributed by atoms with Crippen molar-refractivity contribution in [2.75, 3.05) is 13.2 Å². The molecule has 0 aliphatic heterocycles. The SMILES string of the molecule is CC(C)Oc1ccc(C(CN)CCO)cc1. The summed E-state index contributed by atoms with van der Waals surface area (Å²) in [6.45, 7) is 4.74. The van der Waals surface area contributed by atoms with E-state index in [0.717, 1.165) is 11.3 Å². The first-order chi connectivity index (χ1) is 7.67. The molecule has 0 radical (unpaired) electrons. The van der Waals surface area contributed by atoms with E-state index >= 15 is 0 Å². The lowest BCUT2D eigenvalue weighted by atomic mass is 9.96. The highest BCUT2D eigenvalue weighted by molar-refractivity contribution is 5.29. The molecule has 1 unspecified atom stereocenters. The minimum absolute atomic E-state index is 0.173. The van der Waals surface area contributed by atoms with Gasteiger partial charge in [-0.1, -0.05) is 12.1 Å². The zero-order chi connectivity index (χ0) is 12.0. The van der Waals surface area contributed by atoms with Crippen molar-refractivity contribution in [3.8, 4) is 5.75 Å². The van der Waals surface area contributed by atoms with Crippen LogP contribution in [-0.4, -0.2) is 24.4 Å². The highest BCUT2D eigenvalue weighted by Crippen LogP contribution is 2.21. The summed E-state index contributed by atoms with van der Waals surface area (Å²) >= 11 is 0. The van der Waals surface area contributed by atoms with E-state index in [1.54, 1.807) is 0 Å². The molecule has 0 amide bonds. The lowest BCUT2D eigenvalue weighted by molar-refractivity contribution is 0.242. The number of aliphatic hydroxyl groups is 1. The van der Waals surface area contributed by atoms with Crippen LogP contribution in [0.5, 0.6) is 5.75 Å². The predicted octanol–water partition coefficient (Wildman–Crippen LogP) is 1.90. The standard InChI is InChI=1S/C13H21NO2/c1-10(2)16-13-5-3-11(4-6-13)12(9-14)7-8-15/h3-6,10,12,15H,7-9,14H2,1-2H3. The number of nitrogens with two attached hydrogens (primary N) is 1. The van der Waals surface area contributed by atoms with Crippen LogP contribution in [0.1, 0.15) is 31.7 Å². The molecule has 90 valence electrons. The zero-order valence-corrected chi connectivity index (χ0v) is 10.0. The van der Waals surface area contributed by atoms with Gasteiger partial charge < -0.3 is 15.6 Å². The van der Waals surface area contributed by atoms with Crippen molar-refractivity contribution in [1.82, 2.24) is 0 Å². The van der Waals surface area contributed by atoms with Crippen LogP contribution in [0.2, 0.25) is 0 Å². The van der Waals surface area contributed by atoms with Crippen LogP contribution >= 0.6 is 0 Å². The maximum absolute atomic E-state index is 8.92. The van der Waals surface area contributed by atoms with Gasteiger partial charge in [0.1, 0.15) is 5.75 Å². The van der Waals surface area contributed by atoms with Crippen LogP contribution in [0.3, 0.4) is 0 Å². The molecule has 0 aliphatic carbocycles. The Morgan fingerprint density at radius 2 is 1.88 bits per heavy atom. The van der Waals surface area contributed by atoms with Crippen molar-refractivity contribution in [3.05, 3.63) is 29.8 Å². The molecule has 0 aliphatic rings. The lowest BCUT2D eigenvalue weighted by Crippen LogP contribution is -2.14. The van der Waals surface area contributed by atoms with Gasteiger partial charge in [0.2, 0.25) is 0 Å². The minimum Gasteiger partial charge on any atom is -0.491 e. The van der Waals surface area contributed by atoms with Gasteiger partial charge in [0, 0.05) is 6.61 Å². The molecule has 1 aromatic carbocycles. The molecule has 16 heavy (non-hydrogen) atoms. The summed E-state index contributed by atoms with van der Waals surface area (Å²) in [5, 5.41) is 8.92. The Morgan fingerprint density at radius 1 is 1.25 bits per heavy atom. The molecular formula is C13H21NO2. The van der Waals surface area contributed by atoms with E-state index in [1.807, 2.05) is 38.1 Å². The molecule has 0 saturated carbocycles. The summed E-state index contributed by atoms with van der Waals surface area (Å²) in [4.78, 5) is 0. The van der Waals surface area contributed by atoms with Crippen molar-refractivity contribution in [2.24, 2.45) is 5.73 Å². The number of hydrogen-bond acceptors (Lipinski definition) is 3. The first-order valence-corrected chi connectivity index (χ1v) is 5.75. The molecule has 0 spiro atoms. The molecule has 0 saturated heterocycles. The summed E-state index contributed by atoms with van der Waals surface area (Å²) in [5.41, 5.74) is 6.83. The number of hydrogen-bond donors (Lipinski definition) is 2. The fraction of sp³-hybridized carbons (Fsp3) is 0.538. The molecule has 3 heteroatoms. The number of ether oxygens (including phenoxy) is 1. The van der Waals surface area contributed by atoms with Gasteiger partial charge in [-0.25, -0.2) is 0 Å². The van der Waals surface area contributed by atoms with Gasteiger partial charge in [-0.15, -0.1) is 0 Å². The summed E-state index contributed by atoms with van der Waals surface area (Å²) in [6, 6.07) is 7.94. The van der Waals surface area contributed by atoms with Crippen LogP contribution in [0.15, 0.2) is 24.3 Å². The molecule has 0 bridgehead atoms. The third-order valence-corrected chi connectivity index (χ3v) is 2.49. The lowest BCUT2D eigenvalue weighted by Gasteiger charge is -2.15. The Hall–Kier alpha value is -1.06. The maximum Gasteiger partial charge on any atom is 0.119 e. The fourth-order valence-corrected chi connectivity index (χ4v) is 1.67. The summed E-state index contributed by atoms with van der Waals surface area (Å²) in [7, 11) is 0. The monoisotopic (exact) mass is 223 g/mol. The molecule has 1 rings (SSSR count). The molecule has 0 heterocycles. The van der Waals surface area contributed by atoms with Crippen LogP contribution < -0.4 is 10.5 Å². The van der Waals surface area contributed by atoms with Gasteiger partial charge in [-0.3, -0.25) is 0 Å². The van der Waals surface area contributed by atoms with Crippen molar-refractivity contribution < 1.29 is 9.84 Å². The smallest absolute Gasteiger partial charge is 0.119 e. The van der Waals surface area contributed by atoms with Gasteiger partial charge >= 0.3 is 0 Å². The van der Waals surface area contributed by atoms with Gasteiger partial charge in [-0.05, 0) is 50.4 Å². The second kappa shape index (κ2) is 6.51. The average molecular weight is 223 g/mol. The summed E-state index contributed by atoms with van der Waals surface area (Å²) in [5.74, 6) is 1.11. The van der Waals surface area contributed by atoms with Crippen molar-refractivity contribution >= 4 is 0 Å². The molecular weight excluding hydrogens is 202 g/mol. The second-order valence-electron chi connectivity index (χ2n) is 4.18. The third kappa shape index (κ3) is 3.83. The highest BCUT2D eigenvalue weighted by atomic mass is 16.5. The topological polar surface area (TPSA) is 55.5 Å². The number of benzene rings is 1. The Balaban J connectivity index is 2.69. The quantitative estimate of drug-likeness (QED) is 0.774. The summed E-state index contributed by atoms with van der Waals surface area (Å²) < 4.78 is 5.56. The zero-order valence-electron chi connectivity index (χ0n) is 10.0. The Labute approximate surface area is 97.2 Å². The van der Waals surface area contributed by atoms with Crippen LogP contribution in [0.4, 0.5) is 0 Å².